The molecule has 6 nitrogen and oxygen atoms in total. The van der Waals surface area contributed by atoms with Gasteiger partial charge in [0.2, 0.25) is 0 Å². The third-order valence-corrected chi connectivity index (χ3v) is 7.45. The highest BCUT2D eigenvalue weighted by atomic mass is 31.2. The van der Waals surface area contributed by atoms with Crippen molar-refractivity contribution in [1.29, 1.82) is 0 Å². The molecule has 4 amide bonds. The molecule has 0 bridgehead atoms. The van der Waals surface area contributed by atoms with Gasteiger partial charge < -0.3 is 0 Å². The van der Waals surface area contributed by atoms with E-state index in [1.807, 2.05) is 28.2 Å². The smallest absolute Gasteiger partial charge is 0.295 e. The van der Waals surface area contributed by atoms with E-state index in [1.165, 1.54) is 0 Å². The molecule has 2 rings (SSSR count). The number of carbonyl (C=O) groups is 2. The Kier molecular flexibility index (Phi) is 2.94. The van der Waals surface area contributed by atoms with Gasteiger partial charge in [-0.25, -0.2) is 9.59 Å². The highest BCUT2D eigenvalue weighted by Crippen LogP contribution is 2.63. The zero-order valence-corrected chi connectivity index (χ0v) is 11.8. The lowest BCUT2D eigenvalue weighted by Crippen LogP contribution is -2.55. The molecule has 1 spiro atoms. The van der Waals surface area contributed by atoms with Crippen LogP contribution in [0, 0.1) is 0 Å². The minimum atomic E-state index is -1.32. The molecule has 0 aliphatic carbocycles. The van der Waals surface area contributed by atoms with Gasteiger partial charge in [0, 0.05) is 28.2 Å². The predicted octanol–water partition coefficient (Wildman–Crippen LogP) is 0.828. The number of rotatable bonds is 0. The number of hydrogen-bond donors (Lipinski definition) is 0. The van der Waals surface area contributed by atoms with E-state index in [9.17, 15) is 9.59 Å². The molecule has 2 aliphatic rings. The molecule has 17 heavy (non-hydrogen) atoms. The Hall–Kier alpha value is -1.03. The number of nitrogens with zero attached hydrogens (tertiary/aromatic N) is 4. The first-order chi connectivity index (χ1) is 7.84. The van der Waals surface area contributed by atoms with Crippen LogP contribution in [-0.2, 0) is 0 Å². The summed E-state index contributed by atoms with van der Waals surface area (Å²) >= 11 is 0. The molecule has 0 aromatic heterocycles. The predicted molar refractivity (Wildman–Crippen MR) is 68.2 cm³/mol. The summed E-state index contributed by atoms with van der Waals surface area (Å²) in [5.74, 6) is 0. The maximum absolute atomic E-state index is 11.8. The average Bonchev–Trinajstić information content (AvgIpc) is 2.22. The average molecular weight is 259 g/mol. The van der Waals surface area contributed by atoms with E-state index < -0.39 is 7.26 Å². The van der Waals surface area contributed by atoms with Crippen LogP contribution in [0.2, 0.25) is 0 Å². The van der Waals surface area contributed by atoms with Crippen LogP contribution in [0.1, 0.15) is 0 Å². The molecule has 0 aromatic rings. The van der Waals surface area contributed by atoms with Crippen molar-refractivity contribution >= 4 is 19.3 Å². The Morgan fingerprint density at radius 2 is 0.941 bits per heavy atom. The summed E-state index contributed by atoms with van der Waals surface area (Å²) in [6, 6.07) is 0.163. The number of urea groups is 2. The van der Waals surface area contributed by atoms with E-state index in [-0.39, 0.29) is 12.1 Å². The first-order valence-corrected chi connectivity index (χ1v) is 8.15. The Morgan fingerprint density at radius 3 is 1.18 bits per heavy atom. The van der Waals surface area contributed by atoms with E-state index in [1.54, 1.807) is 19.6 Å². The van der Waals surface area contributed by atoms with Crippen LogP contribution in [0.5, 0.6) is 0 Å². The van der Waals surface area contributed by atoms with Crippen molar-refractivity contribution in [1.82, 2.24) is 19.6 Å². The lowest BCUT2D eigenvalue weighted by Gasteiger charge is -2.45. The van der Waals surface area contributed by atoms with Gasteiger partial charge in [-0.2, -0.15) is 0 Å². The zero-order valence-electron chi connectivity index (χ0n) is 10.9. The van der Waals surface area contributed by atoms with E-state index >= 15 is 0 Å². The fourth-order valence-corrected chi connectivity index (χ4v) is 7.51. The second kappa shape index (κ2) is 4.02. The molecule has 0 saturated carbocycles. The fourth-order valence-electron chi connectivity index (χ4n) is 2.89. The van der Waals surface area contributed by atoms with Crippen molar-refractivity contribution in [2.75, 3.05) is 53.3 Å². The van der Waals surface area contributed by atoms with Gasteiger partial charge in [-0.3, -0.25) is 19.6 Å². The van der Waals surface area contributed by atoms with Crippen molar-refractivity contribution in [3.63, 3.8) is 0 Å². The normalized spacial score (nSPS) is 24.9. The summed E-state index contributed by atoms with van der Waals surface area (Å²) in [7, 11) is 6.05. The summed E-state index contributed by atoms with van der Waals surface area (Å²) in [5.41, 5.74) is 0. The molecule has 0 N–H and O–H groups in total. The van der Waals surface area contributed by atoms with Crippen LogP contribution in [0.4, 0.5) is 9.59 Å². The van der Waals surface area contributed by atoms with Crippen LogP contribution >= 0.6 is 7.26 Å². The van der Waals surface area contributed by atoms with Crippen LogP contribution in [0.25, 0.3) is 0 Å². The third kappa shape index (κ3) is 2.06. The molecule has 2 saturated heterocycles. The molecule has 2 aliphatic heterocycles. The van der Waals surface area contributed by atoms with Crippen LogP contribution in [0.15, 0.2) is 0 Å². The summed E-state index contributed by atoms with van der Waals surface area (Å²) < 4.78 is 0. The van der Waals surface area contributed by atoms with Crippen molar-refractivity contribution in [2.45, 2.75) is 0 Å². The van der Waals surface area contributed by atoms with Gasteiger partial charge in [0.1, 0.15) is 25.1 Å². The summed E-state index contributed by atoms with van der Waals surface area (Å²) in [5, 5.41) is 0. The van der Waals surface area contributed by atoms with Crippen molar-refractivity contribution in [3.05, 3.63) is 0 Å². The first kappa shape index (κ1) is 12.4. The van der Waals surface area contributed by atoms with E-state index in [2.05, 4.69) is 0 Å². The molecule has 0 aromatic carbocycles. The minimum Gasteiger partial charge on any atom is -0.295 e. The second-order valence-corrected chi connectivity index (χ2v) is 9.08. The molecule has 96 valence electrons. The number of hydrogen-bond acceptors (Lipinski definition) is 2. The maximum atomic E-state index is 11.8. The molecule has 7 heteroatoms. The van der Waals surface area contributed by atoms with Gasteiger partial charge in [0.15, 0.2) is 0 Å². The molecule has 2 fully saturated rings. The minimum absolute atomic E-state index is 0.0813. The highest BCUT2D eigenvalue weighted by Gasteiger charge is 2.52. The quantitative estimate of drug-likeness (QED) is 0.605. The summed E-state index contributed by atoms with van der Waals surface area (Å²) in [6.45, 7) is 0. The van der Waals surface area contributed by atoms with Gasteiger partial charge in [0.25, 0.3) is 0 Å². The topological polar surface area (TPSA) is 47.1 Å². The lowest BCUT2D eigenvalue weighted by molar-refractivity contribution is 0.170. The van der Waals surface area contributed by atoms with Gasteiger partial charge in [0.05, 0.1) is 7.26 Å². The van der Waals surface area contributed by atoms with Crippen LogP contribution < -0.4 is 0 Å². The molecular weight excluding hydrogens is 239 g/mol. The number of carbonyl (C=O) groups excluding carboxylic acids is 2. The van der Waals surface area contributed by atoms with Crippen LogP contribution in [-0.4, -0.2) is 85.0 Å². The van der Waals surface area contributed by atoms with Crippen LogP contribution in [0.3, 0.4) is 0 Å². The maximum Gasteiger partial charge on any atom is 0.325 e. The standard InChI is InChI=1S/C10H20N4O2P/c1-11-5-17(6-12(2)9(11)15)7-13(3)10(16)14(4)8-17/h5-8H2,1-4H3/q+1. The molecule has 2 heterocycles. The summed E-state index contributed by atoms with van der Waals surface area (Å²) in [6.07, 6.45) is 3.27. The molecular formula is C10H20N4O2P+. The molecule has 0 unspecified atom stereocenters. The zero-order chi connectivity index (χ0) is 12.8. The van der Waals surface area contributed by atoms with Crippen molar-refractivity contribution < 1.29 is 9.59 Å². The first-order valence-electron chi connectivity index (χ1n) is 5.62. The Bertz CT molecular complexity index is 297. The van der Waals surface area contributed by atoms with E-state index in [0.29, 0.717) is 0 Å². The number of amides is 4. The largest absolute Gasteiger partial charge is 0.325 e. The Labute approximate surface area is 102 Å². The van der Waals surface area contributed by atoms with Crippen molar-refractivity contribution in [3.8, 4) is 0 Å². The highest BCUT2D eigenvalue weighted by molar-refractivity contribution is 7.75. The van der Waals surface area contributed by atoms with Gasteiger partial charge in [-0.05, 0) is 0 Å². The Morgan fingerprint density at radius 1 is 0.706 bits per heavy atom. The SMILES string of the molecule is CN1C[P+]2(CN(C)C1=O)CN(C)C(=O)N(C)C2. The molecule has 0 atom stereocenters. The van der Waals surface area contributed by atoms with Gasteiger partial charge in [-0.15, -0.1) is 0 Å². The molecule has 0 radical (unpaired) electrons. The van der Waals surface area contributed by atoms with E-state index in [0.717, 1.165) is 25.1 Å². The third-order valence-electron chi connectivity index (χ3n) is 3.35. The monoisotopic (exact) mass is 259 g/mol. The van der Waals surface area contributed by atoms with Gasteiger partial charge >= 0.3 is 12.1 Å². The van der Waals surface area contributed by atoms with Crippen molar-refractivity contribution in [2.24, 2.45) is 0 Å². The lowest BCUT2D eigenvalue weighted by atomic mass is 10.7. The summed E-state index contributed by atoms with van der Waals surface area (Å²) in [4.78, 5) is 30.7. The fraction of sp³-hybridized carbons (Fsp3) is 0.800. The van der Waals surface area contributed by atoms with E-state index in [4.69, 9.17) is 0 Å². The Balaban J connectivity index is 2.20. The second-order valence-electron chi connectivity index (χ2n) is 5.26. The van der Waals surface area contributed by atoms with Gasteiger partial charge in [-0.1, -0.05) is 0 Å².